The SMILES string of the molecule is COCCNCc1nnc(NCC2(C)CCCC2)o1. The molecule has 1 aromatic heterocycles. The zero-order valence-corrected chi connectivity index (χ0v) is 11.9. The number of ether oxygens (including phenoxy) is 1. The van der Waals surface area contributed by atoms with Crippen molar-refractivity contribution in [3.8, 4) is 0 Å². The Hall–Kier alpha value is -1.14. The van der Waals surface area contributed by atoms with Gasteiger partial charge >= 0.3 is 6.01 Å². The van der Waals surface area contributed by atoms with E-state index in [4.69, 9.17) is 9.15 Å². The lowest BCUT2D eigenvalue weighted by Gasteiger charge is -2.22. The molecule has 0 radical (unpaired) electrons. The van der Waals surface area contributed by atoms with Crippen molar-refractivity contribution in [2.75, 3.05) is 32.1 Å². The maximum atomic E-state index is 5.53. The quantitative estimate of drug-likeness (QED) is 0.700. The molecule has 0 aromatic carbocycles. The molecule has 0 atom stereocenters. The van der Waals surface area contributed by atoms with Gasteiger partial charge in [0.15, 0.2) is 0 Å². The van der Waals surface area contributed by atoms with Crippen LogP contribution in [0.1, 0.15) is 38.5 Å². The molecule has 1 fully saturated rings. The molecule has 19 heavy (non-hydrogen) atoms. The minimum absolute atomic E-state index is 0.380. The van der Waals surface area contributed by atoms with Crippen LogP contribution in [0.5, 0.6) is 0 Å². The van der Waals surface area contributed by atoms with Crippen molar-refractivity contribution in [2.24, 2.45) is 5.41 Å². The molecule has 6 nitrogen and oxygen atoms in total. The Balaban J connectivity index is 1.71. The van der Waals surface area contributed by atoms with Gasteiger partial charge in [0.25, 0.3) is 0 Å². The summed E-state index contributed by atoms with van der Waals surface area (Å²) in [7, 11) is 1.68. The number of methoxy groups -OCH3 is 1. The normalized spacial score (nSPS) is 17.8. The predicted octanol–water partition coefficient (Wildman–Crippen LogP) is 1.80. The fourth-order valence-electron chi connectivity index (χ4n) is 2.46. The third-order valence-electron chi connectivity index (χ3n) is 3.70. The Bertz CT molecular complexity index is 374. The van der Waals surface area contributed by atoms with Gasteiger partial charge in [-0.25, -0.2) is 0 Å². The lowest BCUT2D eigenvalue weighted by molar-refractivity contribution is 0.198. The molecule has 2 rings (SSSR count). The third kappa shape index (κ3) is 4.47. The minimum atomic E-state index is 0.380. The van der Waals surface area contributed by atoms with Crippen LogP contribution in [0.15, 0.2) is 4.42 Å². The maximum absolute atomic E-state index is 5.53. The zero-order chi connectivity index (χ0) is 13.6. The summed E-state index contributed by atoms with van der Waals surface area (Å²) in [6, 6.07) is 0.525. The second-order valence-electron chi connectivity index (χ2n) is 5.54. The Labute approximate surface area is 114 Å². The fourth-order valence-corrected chi connectivity index (χ4v) is 2.46. The van der Waals surface area contributed by atoms with Crippen LogP contribution in [-0.4, -0.2) is 37.0 Å². The van der Waals surface area contributed by atoms with Gasteiger partial charge in [0.05, 0.1) is 13.2 Å². The van der Waals surface area contributed by atoms with Gasteiger partial charge in [-0.1, -0.05) is 24.9 Å². The zero-order valence-electron chi connectivity index (χ0n) is 11.9. The van der Waals surface area contributed by atoms with E-state index >= 15 is 0 Å². The van der Waals surface area contributed by atoms with Crippen LogP contribution in [0.25, 0.3) is 0 Å². The summed E-state index contributed by atoms with van der Waals surface area (Å²) in [6.07, 6.45) is 5.21. The largest absolute Gasteiger partial charge is 0.407 e. The van der Waals surface area contributed by atoms with Gasteiger partial charge in [-0.15, -0.1) is 5.10 Å². The van der Waals surface area contributed by atoms with Gasteiger partial charge in [-0.2, -0.15) is 0 Å². The van der Waals surface area contributed by atoms with Gasteiger partial charge in [0, 0.05) is 20.2 Å². The molecule has 0 unspecified atom stereocenters. The van der Waals surface area contributed by atoms with Gasteiger partial charge in [-0.3, -0.25) is 0 Å². The smallest absolute Gasteiger partial charge is 0.315 e. The molecule has 1 heterocycles. The molecule has 0 saturated heterocycles. The van der Waals surface area contributed by atoms with Crippen molar-refractivity contribution in [1.29, 1.82) is 0 Å². The number of rotatable bonds is 8. The molecule has 1 aliphatic rings. The highest BCUT2D eigenvalue weighted by molar-refractivity contribution is 5.18. The molecule has 1 saturated carbocycles. The van der Waals surface area contributed by atoms with E-state index in [-0.39, 0.29) is 0 Å². The Morgan fingerprint density at radius 1 is 1.32 bits per heavy atom. The minimum Gasteiger partial charge on any atom is -0.407 e. The molecule has 0 bridgehead atoms. The van der Waals surface area contributed by atoms with Gasteiger partial charge in [-0.05, 0) is 18.3 Å². The Kier molecular flexibility index (Phi) is 5.15. The van der Waals surface area contributed by atoms with Crippen LogP contribution in [-0.2, 0) is 11.3 Å². The van der Waals surface area contributed by atoms with E-state index in [0.717, 1.165) is 13.1 Å². The molecule has 1 aliphatic carbocycles. The third-order valence-corrected chi connectivity index (χ3v) is 3.70. The molecular weight excluding hydrogens is 244 g/mol. The summed E-state index contributed by atoms with van der Waals surface area (Å²) in [5.41, 5.74) is 0.380. The highest BCUT2D eigenvalue weighted by atomic mass is 16.5. The molecule has 2 N–H and O–H groups in total. The molecule has 108 valence electrons. The van der Waals surface area contributed by atoms with E-state index in [1.165, 1.54) is 25.7 Å². The van der Waals surface area contributed by atoms with Crippen LogP contribution < -0.4 is 10.6 Å². The molecular formula is C13H24N4O2. The fraction of sp³-hybridized carbons (Fsp3) is 0.846. The Morgan fingerprint density at radius 2 is 2.11 bits per heavy atom. The van der Waals surface area contributed by atoms with Gasteiger partial charge < -0.3 is 19.8 Å². The van der Waals surface area contributed by atoms with E-state index in [1.807, 2.05) is 0 Å². The maximum Gasteiger partial charge on any atom is 0.315 e. The molecule has 0 amide bonds. The van der Waals surface area contributed by atoms with Crippen molar-refractivity contribution in [2.45, 2.75) is 39.2 Å². The first-order valence-corrected chi connectivity index (χ1v) is 6.98. The standard InChI is InChI=1S/C13H24N4O2/c1-13(5-3-4-6-13)10-15-12-17-16-11(19-12)9-14-7-8-18-2/h14H,3-10H2,1-2H3,(H,15,17). The highest BCUT2D eigenvalue weighted by Gasteiger charge is 2.28. The van der Waals surface area contributed by atoms with E-state index < -0.39 is 0 Å². The molecule has 0 spiro atoms. The predicted molar refractivity (Wildman–Crippen MR) is 72.9 cm³/mol. The van der Waals surface area contributed by atoms with Gasteiger partial charge in [0.2, 0.25) is 5.89 Å². The van der Waals surface area contributed by atoms with Crippen molar-refractivity contribution < 1.29 is 9.15 Å². The highest BCUT2D eigenvalue weighted by Crippen LogP contribution is 2.37. The second kappa shape index (κ2) is 6.86. The van der Waals surface area contributed by atoms with Crippen molar-refractivity contribution >= 4 is 6.01 Å². The number of aromatic nitrogens is 2. The van der Waals surface area contributed by atoms with E-state index in [1.54, 1.807) is 7.11 Å². The summed E-state index contributed by atoms with van der Waals surface area (Å²) in [6.45, 7) is 5.26. The van der Waals surface area contributed by atoms with Crippen molar-refractivity contribution in [3.63, 3.8) is 0 Å². The summed E-state index contributed by atoms with van der Waals surface area (Å²) in [5.74, 6) is 0.607. The summed E-state index contributed by atoms with van der Waals surface area (Å²) in [4.78, 5) is 0. The van der Waals surface area contributed by atoms with Crippen molar-refractivity contribution in [1.82, 2.24) is 15.5 Å². The first kappa shape index (κ1) is 14.3. The van der Waals surface area contributed by atoms with Crippen LogP contribution in [0.4, 0.5) is 6.01 Å². The average Bonchev–Trinajstić information content (AvgIpc) is 3.02. The first-order valence-electron chi connectivity index (χ1n) is 6.98. The van der Waals surface area contributed by atoms with E-state index in [2.05, 4.69) is 27.8 Å². The van der Waals surface area contributed by atoms with Gasteiger partial charge in [0.1, 0.15) is 0 Å². The lowest BCUT2D eigenvalue weighted by Crippen LogP contribution is -2.23. The number of nitrogens with zero attached hydrogens (tertiary/aromatic N) is 2. The van der Waals surface area contributed by atoms with E-state index in [9.17, 15) is 0 Å². The van der Waals surface area contributed by atoms with Crippen LogP contribution in [0.2, 0.25) is 0 Å². The molecule has 6 heteroatoms. The summed E-state index contributed by atoms with van der Waals surface area (Å²) < 4.78 is 10.5. The number of hydrogen-bond donors (Lipinski definition) is 2. The Morgan fingerprint density at radius 3 is 2.84 bits per heavy atom. The van der Waals surface area contributed by atoms with Crippen LogP contribution in [0.3, 0.4) is 0 Å². The number of hydrogen-bond acceptors (Lipinski definition) is 6. The second-order valence-corrected chi connectivity index (χ2v) is 5.54. The topological polar surface area (TPSA) is 72.2 Å². The monoisotopic (exact) mass is 268 g/mol. The van der Waals surface area contributed by atoms with Crippen LogP contribution >= 0.6 is 0 Å². The molecule has 1 aromatic rings. The lowest BCUT2D eigenvalue weighted by atomic mass is 9.89. The number of nitrogens with one attached hydrogen (secondary N) is 2. The number of anilines is 1. The average molecular weight is 268 g/mol. The van der Waals surface area contributed by atoms with Crippen LogP contribution in [0, 0.1) is 5.41 Å². The first-order chi connectivity index (χ1) is 9.22. The molecule has 0 aliphatic heterocycles. The van der Waals surface area contributed by atoms with Crippen molar-refractivity contribution in [3.05, 3.63) is 5.89 Å². The van der Waals surface area contributed by atoms with E-state index in [0.29, 0.717) is 30.5 Å². The summed E-state index contributed by atoms with van der Waals surface area (Å²) in [5, 5.41) is 14.4. The summed E-state index contributed by atoms with van der Waals surface area (Å²) >= 11 is 0.